The number of nitrogens with one attached hydrogen (secondary N) is 2. The number of hydrogen-bond acceptors (Lipinski definition) is 6. The van der Waals surface area contributed by atoms with Crippen LogP contribution < -0.4 is 14.9 Å². The van der Waals surface area contributed by atoms with Gasteiger partial charge in [-0.25, -0.2) is 22.9 Å². The number of rotatable bonds is 9. The molecule has 0 bridgehead atoms. The molecule has 4 rings (SSSR count). The lowest BCUT2D eigenvalue weighted by Gasteiger charge is -2.20. The number of aromatic nitrogens is 1. The molecule has 8 nitrogen and oxygen atoms in total. The molecule has 33 heavy (non-hydrogen) atoms. The Morgan fingerprint density at radius 1 is 1.12 bits per heavy atom. The minimum Gasteiger partial charge on any atom is -0.383 e. The zero-order chi connectivity index (χ0) is 23.4. The van der Waals surface area contributed by atoms with Gasteiger partial charge in [-0.1, -0.05) is 53.8 Å². The minimum atomic E-state index is -3.66. The molecule has 1 aliphatic carbocycles. The molecule has 1 aliphatic rings. The Balaban J connectivity index is 1.52. The first-order valence-electron chi connectivity index (χ1n) is 10.6. The maximum absolute atomic E-state index is 13.1. The van der Waals surface area contributed by atoms with E-state index >= 15 is 0 Å². The van der Waals surface area contributed by atoms with Gasteiger partial charge in [0.2, 0.25) is 0 Å². The van der Waals surface area contributed by atoms with E-state index in [9.17, 15) is 13.2 Å². The first-order chi connectivity index (χ1) is 15.9. The fourth-order valence-corrected chi connectivity index (χ4v) is 6.09. The Morgan fingerprint density at radius 3 is 2.42 bits per heavy atom. The summed E-state index contributed by atoms with van der Waals surface area (Å²) in [7, 11) is -2.12. The number of anilines is 2. The van der Waals surface area contributed by atoms with Crippen molar-refractivity contribution in [2.24, 2.45) is 0 Å². The SMILES string of the molecule is COCCN(C(=O)Nc1ccc(-c2ccccc2)cc1)c1nc(C)c(S(=O)(=O)NC2CC2)s1. The Bertz CT molecular complexity index is 1210. The van der Waals surface area contributed by atoms with E-state index in [0.29, 0.717) is 16.5 Å². The molecule has 2 amide bonds. The highest BCUT2D eigenvalue weighted by molar-refractivity contribution is 7.91. The fourth-order valence-electron chi connectivity index (χ4n) is 3.24. The highest BCUT2D eigenvalue weighted by atomic mass is 32.2. The van der Waals surface area contributed by atoms with Crippen LogP contribution in [0.4, 0.5) is 15.6 Å². The number of carbonyl (C=O) groups excluding carboxylic acids is 1. The Kier molecular flexibility index (Phi) is 7.08. The average molecular weight is 487 g/mol. The third-order valence-electron chi connectivity index (χ3n) is 5.12. The molecule has 0 atom stereocenters. The van der Waals surface area contributed by atoms with E-state index in [0.717, 1.165) is 35.3 Å². The third kappa shape index (κ3) is 5.77. The Labute approximate surface area is 197 Å². The van der Waals surface area contributed by atoms with Crippen molar-refractivity contribution in [3.8, 4) is 11.1 Å². The molecule has 1 saturated carbocycles. The van der Waals surface area contributed by atoms with E-state index in [4.69, 9.17) is 4.74 Å². The molecule has 0 saturated heterocycles. The van der Waals surface area contributed by atoms with Gasteiger partial charge in [0.15, 0.2) is 9.34 Å². The van der Waals surface area contributed by atoms with Gasteiger partial charge in [-0.15, -0.1) is 0 Å². The number of ether oxygens (including phenoxy) is 1. The quantitative estimate of drug-likeness (QED) is 0.471. The number of carbonyl (C=O) groups is 1. The van der Waals surface area contributed by atoms with Gasteiger partial charge in [0.05, 0.1) is 18.8 Å². The van der Waals surface area contributed by atoms with Gasteiger partial charge < -0.3 is 10.1 Å². The lowest BCUT2D eigenvalue weighted by molar-refractivity contribution is 0.204. The molecule has 174 valence electrons. The van der Waals surface area contributed by atoms with Crippen molar-refractivity contribution in [1.82, 2.24) is 9.71 Å². The van der Waals surface area contributed by atoms with Gasteiger partial charge in [0, 0.05) is 18.8 Å². The number of amides is 2. The summed E-state index contributed by atoms with van der Waals surface area (Å²) in [6.07, 6.45) is 1.69. The molecular weight excluding hydrogens is 460 g/mol. The lowest BCUT2D eigenvalue weighted by Crippen LogP contribution is -2.37. The molecule has 2 N–H and O–H groups in total. The summed E-state index contributed by atoms with van der Waals surface area (Å²) in [6.45, 7) is 2.14. The topological polar surface area (TPSA) is 101 Å². The Morgan fingerprint density at radius 2 is 1.79 bits per heavy atom. The maximum atomic E-state index is 13.1. The van der Waals surface area contributed by atoms with Gasteiger partial charge >= 0.3 is 6.03 Å². The number of nitrogens with zero attached hydrogens (tertiary/aromatic N) is 2. The molecule has 3 aromatic rings. The van der Waals surface area contributed by atoms with Gasteiger partial charge in [0.25, 0.3) is 10.0 Å². The van der Waals surface area contributed by atoms with Gasteiger partial charge in [0.1, 0.15) is 0 Å². The molecule has 0 spiro atoms. The van der Waals surface area contributed by atoms with Crippen molar-refractivity contribution < 1.29 is 17.9 Å². The van der Waals surface area contributed by atoms with Crippen molar-refractivity contribution >= 4 is 38.2 Å². The number of hydrogen-bond donors (Lipinski definition) is 2. The van der Waals surface area contributed by atoms with Crippen molar-refractivity contribution in [1.29, 1.82) is 0 Å². The van der Waals surface area contributed by atoms with Crippen LogP contribution in [0.2, 0.25) is 0 Å². The predicted octanol–water partition coefficient (Wildman–Crippen LogP) is 4.24. The van der Waals surface area contributed by atoms with E-state index in [-0.39, 0.29) is 23.4 Å². The lowest BCUT2D eigenvalue weighted by atomic mass is 10.1. The highest BCUT2D eigenvalue weighted by Gasteiger charge is 2.32. The molecule has 1 heterocycles. The van der Waals surface area contributed by atoms with E-state index in [2.05, 4.69) is 15.0 Å². The largest absolute Gasteiger partial charge is 0.383 e. The van der Waals surface area contributed by atoms with Crippen molar-refractivity contribution in [2.75, 3.05) is 30.5 Å². The molecule has 1 aromatic heterocycles. The highest BCUT2D eigenvalue weighted by Crippen LogP contribution is 2.32. The molecular formula is C23H26N4O4S2. The van der Waals surface area contributed by atoms with Crippen LogP contribution in [-0.2, 0) is 14.8 Å². The van der Waals surface area contributed by atoms with E-state index in [1.165, 1.54) is 4.90 Å². The van der Waals surface area contributed by atoms with Crippen LogP contribution in [0.3, 0.4) is 0 Å². The average Bonchev–Trinajstić information content (AvgIpc) is 3.52. The second-order valence-corrected chi connectivity index (χ2v) is 10.7. The third-order valence-corrected chi connectivity index (χ3v) is 8.43. The van der Waals surface area contributed by atoms with Crippen LogP contribution in [0.25, 0.3) is 11.1 Å². The monoisotopic (exact) mass is 486 g/mol. The number of aryl methyl sites for hydroxylation is 1. The number of sulfonamides is 1. The van der Waals surface area contributed by atoms with E-state index in [1.807, 2.05) is 54.6 Å². The first-order valence-corrected chi connectivity index (χ1v) is 12.9. The minimum absolute atomic E-state index is 0.00768. The smallest absolute Gasteiger partial charge is 0.328 e. The summed E-state index contributed by atoms with van der Waals surface area (Å²) in [4.78, 5) is 18.9. The summed E-state index contributed by atoms with van der Waals surface area (Å²) in [6, 6.07) is 17.1. The van der Waals surface area contributed by atoms with E-state index in [1.54, 1.807) is 14.0 Å². The number of benzene rings is 2. The fraction of sp³-hybridized carbons (Fsp3) is 0.304. The molecule has 2 aromatic carbocycles. The molecule has 1 fully saturated rings. The van der Waals surface area contributed by atoms with Crippen molar-refractivity contribution in [3.63, 3.8) is 0 Å². The van der Waals surface area contributed by atoms with Crippen molar-refractivity contribution in [2.45, 2.75) is 30.0 Å². The number of thiazole rings is 1. The van der Waals surface area contributed by atoms with E-state index < -0.39 is 16.1 Å². The van der Waals surface area contributed by atoms with Crippen LogP contribution in [0.5, 0.6) is 0 Å². The summed E-state index contributed by atoms with van der Waals surface area (Å²) < 4.78 is 33.3. The summed E-state index contributed by atoms with van der Waals surface area (Å²) in [5.74, 6) is 0. The van der Waals surface area contributed by atoms with Crippen molar-refractivity contribution in [3.05, 3.63) is 60.3 Å². The van der Waals surface area contributed by atoms with Crippen LogP contribution >= 0.6 is 11.3 Å². The maximum Gasteiger partial charge on any atom is 0.328 e. The first kappa shape index (κ1) is 23.4. The van der Waals surface area contributed by atoms with Crippen LogP contribution in [0, 0.1) is 6.92 Å². The standard InChI is InChI=1S/C23H26N4O4S2/c1-16-21(33(29,30)26-20-12-13-20)32-23(24-16)27(14-15-31-2)22(28)25-19-10-8-18(9-11-19)17-6-4-3-5-7-17/h3-11,20,26H,12-15H2,1-2H3,(H,25,28). The molecule has 0 unspecified atom stereocenters. The number of methoxy groups -OCH3 is 1. The summed E-state index contributed by atoms with van der Waals surface area (Å²) >= 11 is 0.981. The van der Waals surface area contributed by atoms with Crippen LogP contribution in [0.1, 0.15) is 18.5 Å². The normalized spacial score (nSPS) is 13.6. The molecule has 0 radical (unpaired) electrons. The molecule has 10 heteroatoms. The van der Waals surface area contributed by atoms with Gasteiger partial charge in [-0.2, -0.15) is 0 Å². The van der Waals surface area contributed by atoms with Crippen LogP contribution in [-0.4, -0.2) is 45.7 Å². The second-order valence-electron chi connectivity index (χ2n) is 7.78. The summed E-state index contributed by atoms with van der Waals surface area (Å²) in [5, 5.41) is 3.18. The zero-order valence-electron chi connectivity index (χ0n) is 18.4. The second kappa shape index (κ2) is 10.0. The van der Waals surface area contributed by atoms with Crippen LogP contribution in [0.15, 0.2) is 58.8 Å². The van der Waals surface area contributed by atoms with Gasteiger partial charge in [-0.05, 0) is 43.0 Å². The predicted molar refractivity (Wildman–Crippen MR) is 130 cm³/mol. The number of urea groups is 1. The molecule has 0 aliphatic heterocycles. The summed E-state index contributed by atoms with van der Waals surface area (Å²) in [5.41, 5.74) is 3.12. The zero-order valence-corrected chi connectivity index (χ0v) is 20.1. The van der Waals surface area contributed by atoms with Gasteiger partial charge in [-0.3, -0.25) is 4.90 Å². The Hall–Kier alpha value is -2.79.